The van der Waals surface area contributed by atoms with E-state index in [4.69, 9.17) is 23.2 Å². The van der Waals surface area contributed by atoms with Crippen LogP contribution in [0.3, 0.4) is 0 Å². The number of nitrogens with one attached hydrogen (secondary N) is 1. The van der Waals surface area contributed by atoms with Crippen molar-refractivity contribution in [2.24, 2.45) is 0 Å². The Labute approximate surface area is 140 Å². The molecule has 23 heavy (non-hydrogen) atoms. The molecule has 116 valence electrons. The van der Waals surface area contributed by atoms with Crippen molar-refractivity contribution in [3.63, 3.8) is 0 Å². The summed E-state index contributed by atoms with van der Waals surface area (Å²) in [5.74, 6) is -1.31. The number of halogens is 3. The van der Waals surface area contributed by atoms with Gasteiger partial charge >= 0.3 is 0 Å². The van der Waals surface area contributed by atoms with Gasteiger partial charge in [0.1, 0.15) is 18.5 Å². The van der Waals surface area contributed by atoms with Crippen LogP contribution in [0.2, 0.25) is 10.0 Å². The van der Waals surface area contributed by atoms with Crippen LogP contribution in [0, 0.1) is 5.82 Å². The van der Waals surface area contributed by atoms with Gasteiger partial charge in [-0.3, -0.25) is 4.79 Å². The van der Waals surface area contributed by atoms with Crippen LogP contribution in [-0.2, 0) is 0 Å². The van der Waals surface area contributed by atoms with Gasteiger partial charge in [-0.05, 0) is 36.4 Å². The monoisotopic (exact) mass is 350 g/mol. The van der Waals surface area contributed by atoms with Crippen molar-refractivity contribution in [2.75, 3.05) is 5.32 Å². The average molecular weight is 351 g/mol. The van der Waals surface area contributed by atoms with Crippen LogP contribution in [0.15, 0.2) is 49.1 Å². The van der Waals surface area contributed by atoms with Crippen molar-refractivity contribution in [1.29, 1.82) is 0 Å². The zero-order chi connectivity index (χ0) is 16.4. The number of nitrogens with zero attached hydrogens (tertiary/aromatic N) is 3. The third kappa shape index (κ3) is 3.33. The molecule has 1 heterocycles. The molecule has 8 heteroatoms. The number of hydrogen-bond donors (Lipinski definition) is 1. The minimum absolute atomic E-state index is 0.165. The molecule has 0 unspecified atom stereocenters. The minimum atomic E-state index is -0.670. The molecule has 0 radical (unpaired) electrons. The fourth-order valence-corrected chi connectivity index (χ4v) is 2.35. The molecule has 2 aromatic carbocycles. The van der Waals surface area contributed by atoms with Crippen molar-refractivity contribution in [1.82, 2.24) is 14.8 Å². The van der Waals surface area contributed by atoms with Crippen molar-refractivity contribution in [3.8, 4) is 5.69 Å². The molecule has 0 atom stereocenters. The van der Waals surface area contributed by atoms with Gasteiger partial charge in [-0.15, -0.1) is 0 Å². The first-order chi connectivity index (χ1) is 11.0. The Morgan fingerprint density at radius 3 is 2.61 bits per heavy atom. The van der Waals surface area contributed by atoms with Crippen LogP contribution < -0.4 is 5.32 Å². The summed E-state index contributed by atoms with van der Waals surface area (Å²) in [6.45, 7) is 0. The van der Waals surface area contributed by atoms with E-state index in [2.05, 4.69) is 15.4 Å². The average Bonchev–Trinajstić information content (AvgIpc) is 3.04. The standard InChI is InChI=1S/C15H9Cl2FN4O/c16-9-1-3-12(18)11(5-9)15(23)21-13-6-10(17)2-4-14(13)22-8-19-7-20-22/h1-8H,(H,21,23). The molecule has 1 N–H and O–H groups in total. The van der Waals surface area contributed by atoms with Gasteiger partial charge < -0.3 is 5.32 Å². The lowest BCUT2D eigenvalue weighted by Gasteiger charge is -2.12. The van der Waals surface area contributed by atoms with Gasteiger partial charge in [0.2, 0.25) is 0 Å². The topological polar surface area (TPSA) is 59.8 Å². The third-order valence-corrected chi connectivity index (χ3v) is 3.52. The molecule has 0 spiro atoms. The quantitative estimate of drug-likeness (QED) is 0.777. The van der Waals surface area contributed by atoms with Crippen molar-refractivity contribution in [2.45, 2.75) is 0 Å². The summed E-state index contributed by atoms with van der Waals surface area (Å²) in [7, 11) is 0. The number of carbonyl (C=O) groups is 1. The van der Waals surface area contributed by atoms with Crippen LogP contribution in [0.5, 0.6) is 0 Å². The first kappa shape index (κ1) is 15.5. The number of rotatable bonds is 3. The third-order valence-electron chi connectivity index (χ3n) is 3.05. The van der Waals surface area contributed by atoms with Gasteiger partial charge in [0.15, 0.2) is 0 Å². The Bertz CT molecular complexity index is 868. The number of carbonyl (C=O) groups excluding carboxylic acids is 1. The maximum Gasteiger partial charge on any atom is 0.258 e. The SMILES string of the molecule is O=C(Nc1cc(Cl)ccc1-n1cncn1)c1cc(Cl)ccc1F. The summed E-state index contributed by atoms with van der Waals surface area (Å²) in [5, 5.41) is 7.29. The number of benzene rings is 2. The second-order valence-electron chi connectivity index (χ2n) is 4.58. The summed E-state index contributed by atoms with van der Waals surface area (Å²) in [4.78, 5) is 16.2. The molecule has 3 rings (SSSR count). The van der Waals surface area contributed by atoms with Gasteiger partial charge in [0.25, 0.3) is 5.91 Å². The Kier molecular flexibility index (Phi) is 4.27. The van der Waals surface area contributed by atoms with Gasteiger partial charge in [-0.2, -0.15) is 5.10 Å². The first-order valence-corrected chi connectivity index (χ1v) is 7.21. The number of anilines is 1. The van der Waals surface area contributed by atoms with Crippen molar-refractivity contribution in [3.05, 3.63) is 70.5 Å². The molecule has 1 aromatic heterocycles. The molecule has 0 aliphatic rings. The summed E-state index contributed by atoms with van der Waals surface area (Å²) in [6, 6.07) is 8.61. The van der Waals surface area contributed by atoms with E-state index in [1.165, 1.54) is 29.5 Å². The maximum absolute atomic E-state index is 13.8. The zero-order valence-corrected chi connectivity index (χ0v) is 13.0. The molecule has 0 saturated carbocycles. The highest BCUT2D eigenvalue weighted by molar-refractivity contribution is 6.31. The highest BCUT2D eigenvalue weighted by atomic mass is 35.5. The van der Waals surface area contributed by atoms with E-state index in [1.807, 2.05) is 0 Å². The second-order valence-corrected chi connectivity index (χ2v) is 5.45. The Hall–Kier alpha value is -2.44. The Morgan fingerprint density at radius 1 is 1.13 bits per heavy atom. The highest BCUT2D eigenvalue weighted by Gasteiger charge is 2.15. The number of amides is 1. The number of hydrogen-bond acceptors (Lipinski definition) is 3. The van der Waals surface area contributed by atoms with Crippen LogP contribution >= 0.6 is 23.2 Å². The fourth-order valence-electron chi connectivity index (χ4n) is 2.00. The van der Waals surface area contributed by atoms with Crippen LogP contribution in [0.1, 0.15) is 10.4 Å². The molecule has 0 saturated heterocycles. The van der Waals surface area contributed by atoms with Gasteiger partial charge in [0, 0.05) is 10.0 Å². The fraction of sp³-hybridized carbons (Fsp3) is 0. The Balaban J connectivity index is 1.98. The van der Waals surface area contributed by atoms with Gasteiger partial charge in [-0.1, -0.05) is 23.2 Å². The second kappa shape index (κ2) is 6.36. The van der Waals surface area contributed by atoms with E-state index in [-0.39, 0.29) is 10.6 Å². The Morgan fingerprint density at radius 2 is 1.87 bits per heavy atom. The van der Waals surface area contributed by atoms with E-state index < -0.39 is 11.7 Å². The van der Waals surface area contributed by atoms with E-state index in [1.54, 1.807) is 18.2 Å². The summed E-state index contributed by atoms with van der Waals surface area (Å²) >= 11 is 11.8. The lowest BCUT2D eigenvalue weighted by molar-refractivity contribution is 0.102. The summed E-state index contributed by atoms with van der Waals surface area (Å²) in [5.41, 5.74) is 0.747. The van der Waals surface area contributed by atoms with Crippen molar-refractivity contribution >= 4 is 34.8 Å². The minimum Gasteiger partial charge on any atom is -0.320 e. The molecule has 0 bridgehead atoms. The van der Waals surface area contributed by atoms with Gasteiger partial charge in [-0.25, -0.2) is 14.1 Å². The van der Waals surface area contributed by atoms with E-state index in [0.29, 0.717) is 16.4 Å². The molecule has 0 aliphatic carbocycles. The molecular formula is C15H9Cl2FN4O. The van der Waals surface area contributed by atoms with Crippen molar-refractivity contribution < 1.29 is 9.18 Å². The maximum atomic E-state index is 13.8. The normalized spacial score (nSPS) is 10.6. The molecule has 0 aliphatic heterocycles. The lowest BCUT2D eigenvalue weighted by Crippen LogP contribution is -2.15. The predicted molar refractivity (Wildman–Crippen MR) is 85.7 cm³/mol. The van der Waals surface area contributed by atoms with E-state index in [9.17, 15) is 9.18 Å². The summed E-state index contributed by atoms with van der Waals surface area (Å²) in [6.07, 6.45) is 2.83. The molecule has 3 aromatic rings. The van der Waals surface area contributed by atoms with Crippen LogP contribution in [0.25, 0.3) is 5.69 Å². The highest BCUT2D eigenvalue weighted by Crippen LogP contribution is 2.25. The molecule has 5 nitrogen and oxygen atoms in total. The van der Waals surface area contributed by atoms with Crippen LogP contribution in [0.4, 0.5) is 10.1 Å². The smallest absolute Gasteiger partial charge is 0.258 e. The first-order valence-electron chi connectivity index (χ1n) is 6.45. The molecule has 1 amide bonds. The molecular weight excluding hydrogens is 342 g/mol. The largest absolute Gasteiger partial charge is 0.320 e. The van der Waals surface area contributed by atoms with E-state index in [0.717, 1.165) is 6.07 Å². The summed E-state index contributed by atoms with van der Waals surface area (Å²) < 4.78 is 15.3. The van der Waals surface area contributed by atoms with E-state index >= 15 is 0 Å². The van der Waals surface area contributed by atoms with Crippen LogP contribution in [-0.4, -0.2) is 20.7 Å². The molecule has 0 fully saturated rings. The predicted octanol–water partition coefficient (Wildman–Crippen LogP) is 3.97. The van der Waals surface area contributed by atoms with Gasteiger partial charge in [0.05, 0.1) is 16.9 Å². The number of aromatic nitrogens is 3. The zero-order valence-electron chi connectivity index (χ0n) is 11.5. The lowest BCUT2D eigenvalue weighted by atomic mass is 10.2.